The number of ether oxygens (including phenoxy) is 3. The van der Waals surface area contributed by atoms with Gasteiger partial charge in [-0.25, -0.2) is 4.98 Å². The summed E-state index contributed by atoms with van der Waals surface area (Å²) in [5.74, 6) is 2.39. The zero-order valence-corrected chi connectivity index (χ0v) is 24.4. The minimum absolute atomic E-state index is 0.204. The van der Waals surface area contributed by atoms with E-state index in [4.69, 9.17) is 30.8 Å². The highest BCUT2D eigenvalue weighted by atomic mass is 35.5. The molecule has 5 aromatic rings. The fraction of sp³-hybridized carbons (Fsp3) is 0.400. The Morgan fingerprint density at radius 3 is 2.70 bits per heavy atom. The predicted molar refractivity (Wildman–Crippen MR) is 157 cm³/mol. The van der Waals surface area contributed by atoms with Crippen LogP contribution in [0.3, 0.4) is 0 Å². The lowest BCUT2D eigenvalue weighted by atomic mass is 9.88. The lowest BCUT2D eigenvalue weighted by Crippen LogP contribution is -2.35. The first-order chi connectivity index (χ1) is 21.0. The second-order valence-electron chi connectivity index (χ2n) is 11.5. The van der Waals surface area contributed by atoms with Crippen molar-refractivity contribution in [3.63, 3.8) is 0 Å². The van der Waals surface area contributed by atoms with Crippen LogP contribution >= 0.6 is 11.6 Å². The van der Waals surface area contributed by atoms with E-state index >= 15 is 0 Å². The number of para-hydroxylation sites is 1. The van der Waals surface area contributed by atoms with Crippen molar-refractivity contribution in [2.45, 2.75) is 57.1 Å². The number of piperidine rings is 1. The van der Waals surface area contributed by atoms with Gasteiger partial charge in [0.05, 0.1) is 41.4 Å². The van der Waals surface area contributed by atoms with Gasteiger partial charge in [0.2, 0.25) is 5.82 Å². The van der Waals surface area contributed by atoms with Crippen molar-refractivity contribution >= 4 is 22.6 Å². The molecular weight excluding hydrogens is 570 g/mol. The number of hydrogen-bond donors (Lipinski definition) is 1. The normalized spacial score (nSPS) is 22.2. The van der Waals surface area contributed by atoms with Crippen LogP contribution < -0.4 is 9.47 Å². The number of nitrogens with zero attached hydrogens (tertiary/aromatic N) is 8. The first kappa shape index (κ1) is 26.5. The van der Waals surface area contributed by atoms with E-state index in [1.54, 1.807) is 12.3 Å². The molecule has 12 nitrogen and oxygen atoms in total. The summed E-state index contributed by atoms with van der Waals surface area (Å²) in [6.07, 6.45) is 6.74. The lowest BCUT2D eigenvalue weighted by Gasteiger charge is -2.33. The molecule has 2 saturated heterocycles. The number of fused-ring (bicyclic) bond motifs is 2. The van der Waals surface area contributed by atoms with E-state index in [0.717, 1.165) is 80.4 Å². The van der Waals surface area contributed by atoms with E-state index < -0.39 is 5.79 Å². The number of benzene rings is 1. The molecule has 220 valence electrons. The number of nitrogens with one attached hydrogen (secondary N) is 1. The molecule has 3 aliphatic rings. The Morgan fingerprint density at radius 1 is 1.07 bits per heavy atom. The Morgan fingerprint density at radius 2 is 1.95 bits per heavy atom. The monoisotopic (exact) mass is 599 g/mol. The summed E-state index contributed by atoms with van der Waals surface area (Å²) in [5.41, 5.74) is 4.37. The van der Waals surface area contributed by atoms with Gasteiger partial charge in [0.1, 0.15) is 17.2 Å². The number of imidazole rings is 1. The minimum atomic E-state index is -0.995. The van der Waals surface area contributed by atoms with E-state index in [2.05, 4.69) is 46.1 Å². The van der Waals surface area contributed by atoms with Crippen LogP contribution in [0.2, 0.25) is 5.02 Å². The van der Waals surface area contributed by atoms with Crippen LogP contribution in [0.1, 0.15) is 49.2 Å². The number of aromatic amines is 1. The van der Waals surface area contributed by atoms with Crippen LogP contribution in [0.4, 0.5) is 0 Å². The van der Waals surface area contributed by atoms with Gasteiger partial charge in [-0.15, -0.1) is 10.2 Å². The molecule has 7 heterocycles. The van der Waals surface area contributed by atoms with Gasteiger partial charge in [-0.05, 0) is 67.7 Å². The number of H-pyrrole nitrogens is 1. The third-order valence-corrected chi connectivity index (χ3v) is 8.89. The topological polar surface area (TPSA) is 129 Å². The van der Waals surface area contributed by atoms with Crippen molar-refractivity contribution in [2.24, 2.45) is 0 Å². The molecule has 0 amide bonds. The molecule has 1 N–H and O–H groups in total. The quantitative estimate of drug-likeness (QED) is 0.286. The maximum Gasteiger partial charge on any atom is 0.292 e. The Hall–Kier alpha value is -4.13. The molecule has 43 heavy (non-hydrogen) atoms. The summed E-state index contributed by atoms with van der Waals surface area (Å²) in [7, 11) is 0. The second-order valence-corrected chi connectivity index (χ2v) is 11.9. The minimum Gasteiger partial charge on any atom is -0.443 e. The maximum absolute atomic E-state index is 6.48. The molecule has 2 fully saturated rings. The van der Waals surface area contributed by atoms with E-state index in [0.29, 0.717) is 28.2 Å². The molecule has 1 aromatic carbocycles. The highest BCUT2D eigenvalue weighted by Gasteiger charge is 2.42. The molecule has 8 rings (SSSR count). The van der Waals surface area contributed by atoms with Crippen LogP contribution in [-0.2, 0) is 23.6 Å². The molecule has 3 aliphatic heterocycles. The van der Waals surface area contributed by atoms with Gasteiger partial charge in [-0.3, -0.25) is 14.9 Å². The van der Waals surface area contributed by atoms with Gasteiger partial charge in [0.15, 0.2) is 11.5 Å². The van der Waals surface area contributed by atoms with Gasteiger partial charge in [0, 0.05) is 25.3 Å². The van der Waals surface area contributed by atoms with Crippen molar-refractivity contribution in [3.05, 3.63) is 70.9 Å². The standard InChI is InChI=1S/C30H30ClN9O3/c1-30(26-6-5-19(31)14-33-26)42-25-4-2-3-21(28(25)43-30)18-7-10-39(11-8-18)17-27-34-22-13-23(29-35-37-38-36-29)32-15-24(22)40(27)16-20-9-12-41-20/h2-6,13-15,18,20H,7-12,16-17H2,1H3,(H,35,36,37,38). The molecular formula is C30H30ClN9O3. The molecule has 13 heteroatoms. The average molecular weight is 600 g/mol. The van der Waals surface area contributed by atoms with E-state index in [1.807, 2.05) is 37.4 Å². The molecule has 0 spiro atoms. The van der Waals surface area contributed by atoms with Gasteiger partial charge < -0.3 is 18.8 Å². The highest BCUT2D eigenvalue weighted by Crippen LogP contribution is 2.49. The first-order valence-electron chi connectivity index (χ1n) is 14.6. The Kier molecular flexibility index (Phi) is 6.50. The second kappa shape index (κ2) is 10.5. The molecule has 0 radical (unpaired) electrons. The van der Waals surface area contributed by atoms with Crippen LogP contribution in [0.25, 0.3) is 22.6 Å². The average Bonchev–Trinajstić information content (AvgIpc) is 3.73. The van der Waals surface area contributed by atoms with E-state index in [-0.39, 0.29) is 6.10 Å². The Balaban J connectivity index is 0.995. The highest BCUT2D eigenvalue weighted by molar-refractivity contribution is 6.30. The molecule has 4 aromatic heterocycles. The molecule has 0 saturated carbocycles. The largest absolute Gasteiger partial charge is 0.443 e. The third-order valence-electron chi connectivity index (χ3n) is 8.66. The van der Waals surface area contributed by atoms with Gasteiger partial charge in [0.25, 0.3) is 5.79 Å². The van der Waals surface area contributed by atoms with Crippen molar-refractivity contribution < 1.29 is 14.2 Å². The smallest absolute Gasteiger partial charge is 0.292 e. The van der Waals surface area contributed by atoms with Crippen LogP contribution in [0.15, 0.2) is 48.8 Å². The summed E-state index contributed by atoms with van der Waals surface area (Å²) in [6, 6.07) is 11.8. The maximum atomic E-state index is 6.48. The van der Waals surface area contributed by atoms with Gasteiger partial charge in [-0.1, -0.05) is 23.7 Å². The van der Waals surface area contributed by atoms with Gasteiger partial charge >= 0.3 is 0 Å². The van der Waals surface area contributed by atoms with Crippen molar-refractivity contribution in [2.75, 3.05) is 19.7 Å². The Labute approximate surface area is 252 Å². The lowest BCUT2D eigenvalue weighted by molar-refractivity contribution is -0.0722. The molecule has 2 unspecified atom stereocenters. The summed E-state index contributed by atoms with van der Waals surface area (Å²) in [4.78, 5) is 16.6. The van der Waals surface area contributed by atoms with Crippen LogP contribution in [0, 0.1) is 0 Å². The molecule has 0 bridgehead atoms. The number of aromatic nitrogens is 8. The fourth-order valence-electron chi connectivity index (χ4n) is 6.24. The zero-order valence-electron chi connectivity index (χ0n) is 23.6. The summed E-state index contributed by atoms with van der Waals surface area (Å²) < 4.78 is 20.8. The molecule has 0 aliphatic carbocycles. The third kappa shape index (κ3) is 4.89. The van der Waals surface area contributed by atoms with Gasteiger partial charge in [-0.2, -0.15) is 5.21 Å². The summed E-state index contributed by atoms with van der Waals surface area (Å²) in [6.45, 7) is 6.12. The van der Waals surface area contributed by atoms with Crippen molar-refractivity contribution in [3.8, 4) is 23.0 Å². The van der Waals surface area contributed by atoms with Crippen molar-refractivity contribution in [1.82, 2.24) is 45.0 Å². The number of tetrazole rings is 1. The number of pyridine rings is 2. The van der Waals surface area contributed by atoms with Crippen molar-refractivity contribution in [1.29, 1.82) is 0 Å². The number of likely N-dealkylation sites (tertiary alicyclic amines) is 1. The fourth-order valence-corrected chi connectivity index (χ4v) is 6.35. The predicted octanol–water partition coefficient (Wildman–Crippen LogP) is 4.47. The summed E-state index contributed by atoms with van der Waals surface area (Å²) in [5, 5.41) is 14.9. The van der Waals surface area contributed by atoms with Crippen LogP contribution in [0.5, 0.6) is 11.5 Å². The van der Waals surface area contributed by atoms with E-state index in [1.165, 1.54) is 5.56 Å². The zero-order chi connectivity index (χ0) is 29.0. The first-order valence-corrected chi connectivity index (χ1v) is 15.0. The SMILES string of the molecule is CC1(c2ccc(Cl)cn2)Oc2cccc(C3CCN(Cc4nc5cc(-c6nn[nH]n6)ncc5n4CC4CCO4)CC3)c2O1. The Bertz CT molecular complexity index is 1770. The number of hydrogen-bond acceptors (Lipinski definition) is 10. The number of halogens is 1. The number of rotatable bonds is 7. The van der Waals surface area contributed by atoms with Crippen LogP contribution in [-0.4, -0.2) is 70.8 Å². The summed E-state index contributed by atoms with van der Waals surface area (Å²) >= 11 is 6.06. The molecule has 2 atom stereocenters. The van der Waals surface area contributed by atoms with E-state index in [9.17, 15) is 0 Å².